The lowest BCUT2D eigenvalue weighted by Crippen LogP contribution is -2.18. The largest absolute Gasteiger partial charge is 0.488 e. The van der Waals surface area contributed by atoms with Crippen molar-refractivity contribution in [3.8, 4) is 5.75 Å². The van der Waals surface area contributed by atoms with Crippen LogP contribution >= 0.6 is 0 Å². The van der Waals surface area contributed by atoms with Gasteiger partial charge in [0, 0.05) is 0 Å². The second kappa shape index (κ2) is 4.73. The monoisotopic (exact) mass is 230 g/mol. The summed E-state index contributed by atoms with van der Waals surface area (Å²) in [5.41, 5.74) is 0. The van der Waals surface area contributed by atoms with E-state index in [0.29, 0.717) is 19.8 Å². The topological polar surface area (TPSA) is 27.7 Å². The van der Waals surface area contributed by atoms with Gasteiger partial charge < -0.3 is 14.2 Å². The minimum atomic E-state index is -0.221. The Labute approximate surface area is 99.9 Å². The van der Waals surface area contributed by atoms with E-state index in [1.807, 2.05) is 24.3 Å². The zero-order valence-electron chi connectivity index (χ0n) is 9.46. The van der Waals surface area contributed by atoms with Crippen LogP contribution in [0.1, 0.15) is 0 Å². The van der Waals surface area contributed by atoms with Gasteiger partial charge in [-0.25, -0.2) is 0 Å². The van der Waals surface area contributed by atoms with E-state index < -0.39 is 0 Å². The normalized spacial score (nSPS) is 16.5. The van der Waals surface area contributed by atoms with Crippen molar-refractivity contribution >= 4 is 10.8 Å². The van der Waals surface area contributed by atoms with Gasteiger partial charge in [-0.15, -0.1) is 0 Å². The Kier molecular flexibility index (Phi) is 2.94. The maximum absolute atomic E-state index is 5.65. The SMILES string of the molecule is c1ccc2cc(OCC3OCCO3)ccc2c1. The maximum Gasteiger partial charge on any atom is 0.191 e. The van der Waals surface area contributed by atoms with Gasteiger partial charge in [0.15, 0.2) is 6.29 Å². The van der Waals surface area contributed by atoms with Crippen LogP contribution in [-0.4, -0.2) is 26.1 Å². The molecule has 3 heteroatoms. The first-order valence-corrected chi connectivity index (χ1v) is 5.77. The number of fused-ring (bicyclic) bond motifs is 1. The maximum atomic E-state index is 5.65. The fraction of sp³-hybridized carbons (Fsp3) is 0.286. The Morgan fingerprint density at radius 3 is 2.59 bits per heavy atom. The Hall–Kier alpha value is -1.58. The number of benzene rings is 2. The van der Waals surface area contributed by atoms with Crippen molar-refractivity contribution in [1.82, 2.24) is 0 Å². The smallest absolute Gasteiger partial charge is 0.191 e. The fourth-order valence-corrected chi connectivity index (χ4v) is 1.92. The summed E-state index contributed by atoms with van der Waals surface area (Å²) in [4.78, 5) is 0. The van der Waals surface area contributed by atoms with Gasteiger partial charge in [-0.2, -0.15) is 0 Å². The molecule has 1 aliphatic rings. The molecule has 3 nitrogen and oxygen atoms in total. The van der Waals surface area contributed by atoms with Gasteiger partial charge in [-0.3, -0.25) is 0 Å². The molecule has 2 aromatic rings. The average Bonchev–Trinajstić information content (AvgIpc) is 2.89. The molecule has 0 saturated carbocycles. The van der Waals surface area contributed by atoms with E-state index in [0.717, 1.165) is 5.75 Å². The molecule has 0 N–H and O–H groups in total. The number of ether oxygens (including phenoxy) is 3. The lowest BCUT2D eigenvalue weighted by atomic mass is 10.1. The van der Waals surface area contributed by atoms with Crippen LogP contribution in [0.3, 0.4) is 0 Å². The molecular weight excluding hydrogens is 216 g/mol. The van der Waals surface area contributed by atoms with E-state index in [1.54, 1.807) is 0 Å². The molecule has 0 radical (unpaired) electrons. The number of hydrogen-bond acceptors (Lipinski definition) is 3. The zero-order chi connectivity index (χ0) is 11.5. The van der Waals surface area contributed by atoms with Crippen LogP contribution < -0.4 is 4.74 Å². The molecule has 1 heterocycles. The summed E-state index contributed by atoms with van der Waals surface area (Å²) in [5, 5.41) is 2.39. The predicted molar refractivity (Wildman–Crippen MR) is 65.1 cm³/mol. The van der Waals surface area contributed by atoms with Crippen molar-refractivity contribution in [3.63, 3.8) is 0 Å². The third-order valence-corrected chi connectivity index (χ3v) is 2.80. The summed E-state index contributed by atoms with van der Waals surface area (Å²) in [6.45, 7) is 1.76. The van der Waals surface area contributed by atoms with Crippen LogP contribution in [0, 0.1) is 0 Å². The molecular formula is C14H14O3. The summed E-state index contributed by atoms with van der Waals surface area (Å²) in [7, 11) is 0. The van der Waals surface area contributed by atoms with E-state index in [-0.39, 0.29) is 6.29 Å². The lowest BCUT2D eigenvalue weighted by molar-refractivity contribution is -0.0683. The molecule has 0 spiro atoms. The highest BCUT2D eigenvalue weighted by Crippen LogP contribution is 2.21. The average molecular weight is 230 g/mol. The molecule has 1 fully saturated rings. The Morgan fingerprint density at radius 2 is 1.76 bits per heavy atom. The number of hydrogen-bond donors (Lipinski definition) is 0. The quantitative estimate of drug-likeness (QED) is 0.811. The summed E-state index contributed by atoms with van der Waals surface area (Å²) in [6.07, 6.45) is -0.221. The standard InChI is InChI=1S/C14H14O3/c1-2-4-12-9-13(6-5-11(12)3-1)17-10-14-15-7-8-16-14/h1-6,9,14H,7-8,10H2. The third-order valence-electron chi connectivity index (χ3n) is 2.80. The zero-order valence-corrected chi connectivity index (χ0v) is 9.46. The molecule has 0 aliphatic carbocycles. The molecule has 2 aromatic carbocycles. The van der Waals surface area contributed by atoms with Crippen molar-refractivity contribution in [1.29, 1.82) is 0 Å². The fourth-order valence-electron chi connectivity index (χ4n) is 1.92. The van der Waals surface area contributed by atoms with Gasteiger partial charge in [0.25, 0.3) is 0 Å². The molecule has 88 valence electrons. The second-order valence-corrected chi connectivity index (χ2v) is 3.99. The third kappa shape index (κ3) is 2.40. The highest BCUT2D eigenvalue weighted by molar-refractivity contribution is 5.83. The first-order chi connectivity index (χ1) is 8.42. The minimum absolute atomic E-state index is 0.221. The van der Waals surface area contributed by atoms with Gasteiger partial charge in [-0.1, -0.05) is 30.3 Å². The Morgan fingerprint density at radius 1 is 1.00 bits per heavy atom. The van der Waals surface area contributed by atoms with Crippen molar-refractivity contribution in [3.05, 3.63) is 42.5 Å². The van der Waals surface area contributed by atoms with Crippen molar-refractivity contribution in [2.75, 3.05) is 19.8 Å². The van der Waals surface area contributed by atoms with Crippen LogP contribution in [0.25, 0.3) is 10.8 Å². The summed E-state index contributed by atoms with van der Waals surface area (Å²) >= 11 is 0. The van der Waals surface area contributed by atoms with Crippen LogP contribution in [0.15, 0.2) is 42.5 Å². The van der Waals surface area contributed by atoms with Crippen molar-refractivity contribution in [2.24, 2.45) is 0 Å². The molecule has 17 heavy (non-hydrogen) atoms. The van der Waals surface area contributed by atoms with E-state index in [1.165, 1.54) is 10.8 Å². The van der Waals surface area contributed by atoms with Gasteiger partial charge in [0.2, 0.25) is 0 Å². The van der Waals surface area contributed by atoms with Crippen LogP contribution in [0.4, 0.5) is 0 Å². The predicted octanol–water partition coefficient (Wildman–Crippen LogP) is 2.59. The van der Waals surface area contributed by atoms with E-state index in [9.17, 15) is 0 Å². The molecule has 0 bridgehead atoms. The van der Waals surface area contributed by atoms with E-state index in [2.05, 4.69) is 18.2 Å². The van der Waals surface area contributed by atoms with Crippen molar-refractivity contribution in [2.45, 2.75) is 6.29 Å². The highest BCUT2D eigenvalue weighted by atomic mass is 16.7. The molecule has 0 unspecified atom stereocenters. The lowest BCUT2D eigenvalue weighted by Gasteiger charge is -2.11. The minimum Gasteiger partial charge on any atom is -0.488 e. The summed E-state index contributed by atoms with van der Waals surface area (Å²) in [5.74, 6) is 0.850. The van der Waals surface area contributed by atoms with Gasteiger partial charge in [-0.05, 0) is 22.9 Å². The van der Waals surface area contributed by atoms with Crippen LogP contribution in [-0.2, 0) is 9.47 Å². The van der Waals surface area contributed by atoms with Crippen LogP contribution in [0.5, 0.6) is 5.75 Å². The van der Waals surface area contributed by atoms with Gasteiger partial charge >= 0.3 is 0 Å². The Balaban J connectivity index is 1.72. The summed E-state index contributed by atoms with van der Waals surface area (Å²) in [6, 6.07) is 14.3. The first kappa shape index (κ1) is 10.6. The summed E-state index contributed by atoms with van der Waals surface area (Å²) < 4.78 is 16.3. The first-order valence-electron chi connectivity index (χ1n) is 5.77. The van der Waals surface area contributed by atoms with E-state index in [4.69, 9.17) is 14.2 Å². The molecule has 3 rings (SSSR count). The molecule has 0 aromatic heterocycles. The molecule has 0 amide bonds. The van der Waals surface area contributed by atoms with Crippen LogP contribution in [0.2, 0.25) is 0 Å². The van der Waals surface area contributed by atoms with Gasteiger partial charge in [0.1, 0.15) is 12.4 Å². The molecule has 1 saturated heterocycles. The molecule has 0 atom stereocenters. The molecule has 1 aliphatic heterocycles. The highest BCUT2D eigenvalue weighted by Gasteiger charge is 2.16. The number of rotatable bonds is 3. The Bertz CT molecular complexity index is 504. The van der Waals surface area contributed by atoms with E-state index >= 15 is 0 Å². The van der Waals surface area contributed by atoms with Gasteiger partial charge in [0.05, 0.1) is 13.2 Å². The second-order valence-electron chi connectivity index (χ2n) is 3.99. The van der Waals surface area contributed by atoms with Crippen molar-refractivity contribution < 1.29 is 14.2 Å².